The number of hydrogen-bond donors (Lipinski definition) is 1. The maximum Gasteiger partial charge on any atom is 0.193 e. The van der Waals surface area contributed by atoms with E-state index in [0.717, 1.165) is 31.5 Å². The van der Waals surface area contributed by atoms with Gasteiger partial charge in [-0.1, -0.05) is 12.8 Å². The lowest BCUT2D eigenvalue weighted by Crippen LogP contribution is -2.41. The van der Waals surface area contributed by atoms with Crippen molar-refractivity contribution in [3.8, 4) is 0 Å². The summed E-state index contributed by atoms with van der Waals surface area (Å²) in [7, 11) is 3.88. The molecule has 1 saturated heterocycles. The molecule has 116 valence electrons. The van der Waals surface area contributed by atoms with Crippen molar-refractivity contribution in [1.82, 2.24) is 20.0 Å². The molecule has 5 nitrogen and oxygen atoms in total. The van der Waals surface area contributed by atoms with Crippen molar-refractivity contribution < 1.29 is 0 Å². The van der Waals surface area contributed by atoms with Gasteiger partial charge in [-0.05, 0) is 30.7 Å². The molecule has 0 amide bonds. The summed E-state index contributed by atoms with van der Waals surface area (Å²) in [5.41, 5.74) is 1.35. The van der Waals surface area contributed by atoms with Gasteiger partial charge in [0.15, 0.2) is 5.96 Å². The molecule has 1 aliphatic carbocycles. The van der Waals surface area contributed by atoms with Crippen LogP contribution in [0.2, 0.25) is 0 Å². The molecule has 1 atom stereocenters. The molecule has 1 aliphatic heterocycles. The van der Waals surface area contributed by atoms with Crippen LogP contribution in [0.25, 0.3) is 0 Å². The van der Waals surface area contributed by atoms with Crippen molar-refractivity contribution in [3.63, 3.8) is 0 Å². The molecule has 1 saturated carbocycles. The van der Waals surface area contributed by atoms with Crippen molar-refractivity contribution in [1.29, 1.82) is 0 Å². The van der Waals surface area contributed by atoms with E-state index in [1.807, 2.05) is 25.0 Å². The van der Waals surface area contributed by atoms with E-state index in [1.165, 1.54) is 37.7 Å². The zero-order valence-electron chi connectivity index (χ0n) is 13.3. The first-order chi connectivity index (χ1) is 10.3. The van der Waals surface area contributed by atoms with E-state index < -0.39 is 0 Å². The van der Waals surface area contributed by atoms with E-state index in [4.69, 9.17) is 0 Å². The summed E-state index contributed by atoms with van der Waals surface area (Å²) in [5.74, 6) is 2.51. The molecule has 0 spiro atoms. The number of aryl methyl sites for hydroxylation is 1. The van der Waals surface area contributed by atoms with Crippen molar-refractivity contribution in [2.75, 3.05) is 26.7 Å². The number of hydrogen-bond acceptors (Lipinski definition) is 2. The van der Waals surface area contributed by atoms with Crippen LogP contribution in [0.1, 0.15) is 43.6 Å². The minimum absolute atomic E-state index is 0.587. The summed E-state index contributed by atoms with van der Waals surface area (Å²) in [5, 5.41) is 7.88. The molecule has 0 bridgehead atoms. The number of aromatic nitrogens is 2. The molecule has 2 heterocycles. The van der Waals surface area contributed by atoms with Crippen LogP contribution >= 0.6 is 0 Å². The second-order valence-corrected chi connectivity index (χ2v) is 6.46. The lowest BCUT2D eigenvalue weighted by molar-refractivity contribution is 0.463. The number of nitrogens with one attached hydrogen (secondary N) is 1. The SMILES string of the molecule is CN=C(NCC1CCCC1)N1CCC(c2cnn(C)c2)C1. The van der Waals surface area contributed by atoms with E-state index in [-0.39, 0.29) is 0 Å². The number of guanidine groups is 1. The highest BCUT2D eigenvalue weighted by atomic mass is 15.3. The molecular formula is C16H27N5. The van der Waals surface area contributed by atoms with Gasteiger partial charge in [0.05, 0.1) is 6.20 Å². The molecule has 21 heavy (non-hydrogen) atoms. The van der Waals surface area contributed by atoms with Crippen molar-refractivity contribution in [3.05, 3.63) is 18.0 Å². The van der Waals surface area contributed by atoms with Crippen molar-refractivity contribution in [2.24, 2.45) is 18.0 Å². The molecule has 0 radical (unpaired) electrons. The third-order valence-corrected chi connectivity index (χ3v) is 4.92. The number of likely N-dealkylation sites (tertiary alicyclic amines) is 1. The van der Waals surface area contributed by atoms with Crippen LogP contribution in [0.3, 0.4) is 0 Å². The van der Waals surface area contributed by atoms with Crippen LogP contribution in [0, 0.1) is 5.92 Å². The normalized spacial score (nSPS) is 24.0. The highest BCUT2D eigenvalue weighted by Crippen LogP contribution is 2.27. The highest BCUT2D eigenvalue weighted by Gasteiger charge is 2.27. The van der Waals surface area contributed by atoms with E-state index in [0.29, 0.717) is 5.92 Å². The first kappa shape index (κ1) is 14.4. The summed E-state index contributed by atoms with van der Waals surface area (Å²) in [6.07, 6.45) is 10.9. The Balaban J connectivity index is 1.53. The molecule has 5 heteroatoms. The van der Waals surface area contributed by atoms with Crippen LogP contribution in [-0.4, -0.2) is 47.3 Å². The number of aliphatic imine (C=N–C) groups is 1. The fourth-order valence-electron chi connectivity index (χ4n) is 3.66. The van der Waals surface area contributed by atoms with Gasteiger partial charge >= 0.3 is 0 Å². The lowest BCUT2D eigenvalue weighted by atomic mass is 10.0. The predicted molar refractivity (Wildman–Crippen MR) is 85.5 cm³/mol. The minimum Gasteiger partial charge on any atom is -0.356 e. The van der Waals surface area contributed by atoms with E-state index in [1.54, 1.807) is 0 Å². The minimum atomic E-state index is 0.587. The summed E-state index contributed by atoms with van der Waals surface area (Å²) in [4.78, 5) is 6.87. The Labute approximate surface area is 127 Å². The molecule has 1 aromatic rings. The van der Waals surface area contributed by atoms with Gasteiger partial charge in [0.25, 0.3) is 0 Å². The Bertz CT molecular complexity index is 487. The Morgan fingerprint density at radius 2 is 2.19 bits per heavy atom. The monoisotopic (exact) mass is 289 g/mol. The van der Waals surface area contributed by atoms with Gasteiger partial charge in [-0.3, -0.25) is 9.67 Å². The molecule has 1 N–H and O–H groups in total. The number of rotatable bonds is 3. The van der Waals surface area contributed by atoms with Gasteiger partial charge in [0.1, 0.15) is 0 Å². The molecular weight excluding hydrogens is 262 g/mol. The summed E-state index contributed by atoms with van der Waals surface area (Å²) < 4.78 is 1.89. The third kappa shape index (κ3) is 3.39. The number of nitrogens with zero attached hydrogens (tertiary/aromatic N) is 4. The highest BCUT2D eigenvalue weighted by molar-refractivity contribution is 5.80. The van der Waals surface area contributed by atoms with Crippen molar-refractivity contribution >= 4 is 5.96 Å². The third-order valence-electron chi connectivity index (χ3n) is 4.92. The first-order valence-electron chi connectivity index (χ1n) is 8.20. The zero-order valence-corrected chi connectivity index (χ0v) is 13.3. The largest absolute Gasteiger partial charge is 0.356 e. The van der Waals surface area contributed by atoms with Gasteiger partial charge < -0.3 is 10.2 Å². The average molecular weight is 289 g/mol. The molecule has 2 aliphatic rings. The maximum atomic E-state index is 4.47. The Morgan fingerprint density at radius 3 is 2.86 bits per heavy atom. The Morgan fingerprint density at radius 1 is 1.38 bits per heavy atom. The van der Waals surface area contributed by atoms with Crippen molar-refractivity contribution in [2.45, 2.75) is 38.0 Å². The Hall–Kier alpha value is -1.52. The lowest BCUT2D eigenvalue weighted by Gasteiger charge is -2.23. The van der Waals surface area contributed by atoms with E-state index in [2.05, 4.69) is 26.5 Å². The quantitative estimate of drug-likeness (QED) is 0.683. The first-order valence-corrected chi connectivity index (χ1v) is 8.20. The van der Waals surface area contributed by atoms with E-state index in [9.17, 15) is 0 Å². The molecule has 0 aromatic carbocycles. The zero-order chi connectivity index (χ0) is 14.7. The fraction of sp³-hybridized carbons (Fsp3) is 0.750. The van der Waals surface area contributed by atoms with E-state index >= 15 is 0 Å². The van der Waals surface area contributed by atoms with Gasteiger partial charge in [-0.2, -0.15) is 5.10 Å². The standard InChI is InChI=1S/C16H27N5/c1-17-16(18-9-13-5-3-4-6-13)21-8-7-14(12-21)15-10-19-20(2)11-15/h10-11,13-14H,3-9,12H2,1-2H3,(H,17,18). The van der Waals surface area contributed by atoms with Gasteiger partial charge in [-0.25, -0.2) is 0 Å². The fourth-order valence-corrected chi connectivity index (χ4v) is 3.66. The topological polar surface area (TPSA) is 45.5 Å². The predicted octanol–water partition coefficient (Wildman–Crippen LogP) is 1.97. The molecule has 1 aromatic heterocycles. The summed E-state index contributed by atoms with van der Waals surface area (Å²) in [6.45, 7) is 3.22. The van der Waals surface area contributed by atoms with Gasteiger partial charge in [-0.15, -0.1) is 0 Å². The second-order valence-electron chi connectivity index (χ2n) is 6.46. The maximum absolute atomic E-state index is 4.47. The van der Waals surface area contributed by atoms with Crippen LogP contribution in [0.5, 0.6) is 0 Å². The van der Waals surface area contributed by atoms with Gasteiger partial charge in [0.2, 0.25) is 0 Å². The smallest absolute Gasteiger partial charge is 0.193 e. The van der Waals surface area contributed by atoms with Crippen LogP contribution in [0.15, 0.2) is 17.4 Å². The molecule has 2 fully saturated rings. The average Bonchev–Trinajstić information content (AvgIpc) is 3.19. The molecule has 1 unspecified atom stereocenters. The van der Waals surface area contributed by atoms with Crippen LogP contribution < -0.4 is 5.32 Å². The summed E-state index contributed by atoms with van der Waals surface area (Å²) in [6, 6.07) is 0. The Kier molecular flexibility index (Phi) is 4.46. The summed E-state index contributed by atoms with van der Waals surface area (Å²) >= 11 is 0. The second kappa shape index (κ2) is 6.50. The van der Waals surface area contributed by atoms with Crippen LogP contribution in [-0.2, 0) is 7.05 Å². The molecule has 3 rings (SSSR count). The van der Waals surface area contributed by atoms with Gasteiger partial charge in [0, 0.05) is 45.8 Å². The van der Waals surface area contributed by atoms with Crippen LogP contribution in [0.4, 0.5) is 0 Å².